The van der Waals surface area contributed by atoms with Gasteiger partial charge in [-0.1, -0.05) is 51.1 Å². The van der Waals surface area contributed by atoms with Crippen LogP contribution in [-0.2, 0) is 19.4 Å². The molecule has 28 heavy (non-hydrogen) atoms. The van der Waals surface area contributed by atoms with Gasteiger partial charge in [-0.15, -0.1) is 21.5 Å². The van der Waals surface area contributed by atoms with E-state index in [2.05, 4.69) is 31.0 Å². The highest BCUT2D eigenvalue weighted by molar-refractivity contribution is 7.18. The zero-order valence-corrected chi connectivity index (χ0v) is 17.3. The lowest BCUT2D eigenvalue weighted by atomic mass is 9.72. The Hall–Kier alpha value is -2.47. The Morgan fingerprint density at radius 3 is 2.75 bits per heavy atom. The van der Waals surface area contributed by atoms with Gasteiger partial charge in [0.25, 0.3) is 5.56 Å². The molecule has 1 aliphatic carbocycles. The molecule has 0 spiro atoms. The molecule has 0 bridgehead atoms. The third-order valence-corrected chi connectivity index (χ3v) is 7.36. The van der Waals surface area contributed by atoms with Crippen LogP contribution < -0.4 is 5.56 Å². The Morgan fingerprint density at radius 1 is 1.21 bits per heavy atom. The molecule has 0 aliphatic heterocycles. The van der Waals surface area contributed by atoms with Crippen molar-refractivity contribution in [1.29, 1.82) is 0 Å². The number of thiophene rings is 1. The van der Waals surface area contributed by atoms with Gasteiger partial charge >= 0.3 is 0 Å². The van der Waals surface area contributed by atoms with Crippen molar-refractivity contribution in [2.75, 3.05) is 0 Å². The summed E-state index contributed by atoms with van der Waals surface area (Å²) in [7, 11) is 0. The molecule has 144 valence electrons. The van der Waals surface area contributed by atoms with Gasteiger partial charge in [-0.25, -0.2) is 0 Å². The zero-order valence-electron chi connectivity index (χ0n) is 16.5. The minimum Gasteiger partial charge on any atom is -0.272 e. The summed E-state index contributed by atoms with van der Waals surface area (Å²) < 4.78 is 3.77. The highest BCUT2D eigenvalue weighted by Crippen LogP contribution is 2.42. The van der Waals surface area contributed by atoms with E-state index in [0.717, 1.165) is 35.0 Å². The van der Waals surface area contributed by atoms with E-state index in [4.69, 9.17) is 0 Å². The van der Waals surface area contributed by atoms with Crippen molar-refractivity contribution < 1.29 is 0 Å². The van der Waals surface area contributed by atoms with Gasteiger partial charge in [-0.05, 0) is 41.7 Å². The first-order chi connectivity index (χ1) is 13.4. The number of fused-ring (bicyclic) bond motifs is 5. The lowest BCUT2D eigenvalue weighted by molar-refractivity contribution is 0.218. The fraction of sp³-hybridized carbons (Fsp3) is 0.409. The average Bonchev–Trinajstić information content (AvgIpc) is 3.29. The number of benzene rings is 1. The third-order valence-electron chi connectivity index (χ3n) is 6.10. The van der Waals surface area contributed by atoms with Crippen molar-refractivity contribution in [2.45, 2.75) is 46.6 Å². The van der Waals surface area contributed by atoms with E-state index in [1.54, 1.807) is 22.2 Å². The van der Waals surface area contributed by atoms with E-state index in [-0.39, 0.29) is 11.0 Å². The number of aryl methyl sites for hydroxylation is 1. The Labute approximate surface area is 167 Å². The van der Waals surface area contributed by atoms with Crippen LogP contribution in [0.5, 0.6) is 0 Å². The van der Waals surface area contributed by atoms with Gasteiger partial charge in [0.15, 0.2) is 0 Å². The maximum atomic E-state index is 13.5. The summed E-state index contributed by atoms with van der Waals surface area (Å²) in [6.45, 7) is 7.47. The van der Waals surface area contributed by atoms with Crippen molar-refractivity contribution in [3.05, 3.63) is 63.0 Å². The SMILES string of the molecule is CC(C)(C)[C@@H]1CCc2c(sc3c2c(=O)n(Cc2ccccc2)c2nncn32)C1. The van der Waals surface area contributed by atoms with Gasteiger partial charge < -0.3 is 0 Å². The van der Waals surface area contributed by atoms with Gasteiger partial charge in [-0.3, -0.25) is 13.8 Å². The fourth-order valence-electron chi connectivity index (χ4n) is 4.39. The third kappa shape index (κ3) is 2.70. The summed E-state index contributed by atoms with van der Waals surface area (Å²) in [5.74, 6) is 1.27. The number of aromatic nitrogens is 4. The normalized spacial score (nSPS) is 17.3. The molecule has 0 N–H and O–H groups in total. The number of nitrogens with zero attached hydrogens (tertiary/aromatic N) is 4. The predicted octanol–water partition coefficient (Wildman–Crippen LogP) is 4.31. The Kier molecular flexibility index (Phi) is 3.95. The van der Waals surface area contributed by atoms with Crippen LogP contribution >= 0.6 is 11.3 Å². The lowest BCUT2D eigenvalue weighted by Crippen LogP contribution is -2.27. The van der Waals surface area contributed by atoms with Gasteiger partial charge in [0.05, 0.1) is 11.9 Å². The molecule has 5 rings (SSSR count). The molecule has 1 aromatic carbocycles. The van der Waals surface area contributed by atoms with E-state index >= 15 is 0 Å². The summed E-state index contributed by atoms with van der Waals surface area (Å²) >= 11 is 1.75. The van der Waals surface area contributed by atoms with Gasteiger partial charge in [0, 0.05) is 4.88 Å². The lowest BCUT2D eigenvalue weighted by Gasteiger charge is -2.33. The molecule has 0 unspecified atom stereocenters. The molecule has 3 heterocycles. The second-order valence-corrected chi connectivity index (χ2v) is 9.95. The molecule has 0 fully saturated rings. The molecule has 0 radical (unpaired) electrons. The van der Waals surface area contributed by atoms with Crippen molar-refractivity contribution in [3.8, 4) is 0 Å². The standard InChI is InChI=1S/C22H24N4OS/c1-22(2,3)15-9-10-16-17(11-15)28-20-18(16)19(27)25(21-24-23-13-26(20)21)12-14-7-5-4-6-8-14/h4-8,13,15H,9-12H2,1-3H3/t15-/m1/s1. The number of rotatable bonds is 2. The topological polar surface area (TPSA) is 52.2 Å². The number of hydrogen-bond acceptors (Lipinski definition) is 4. The maximum absolute atomic E-state index is 13.5. The van der Waals surface area contributed by atoms with Crippen LogP contribution in [0.15, 0.2) is 41.5 Å². The van der Waals surface area contributed by atoms with Crippen LogP contribution in [-0.4, -0.2) is 19.2 Å². The Morgan fingerprint density at radius 2 is 2.00 bits per heavy atom. The second kappa shape index (κ2) is 6.27. The van der Waals surface area contributed by atoms with Crippen LogP contribution in [0.4, 0.5) is 0 Å². The first kappa shape index (κ1) is 17.6. The second-order valence-electron chi connectivity index (χ2n) is 8.87. The van der Waals surface area contributed by atoms with E-state index < -0.39 is 0 Å². The van der Waals surface area contributed by atoms with Crippen LogP contribution in [0, 0.1) is 11.3 Å². The van der Waals surface area contributed by atoms with Crippen molar-refractivity contribution in [3.63, 3.8) is 0 Å². The Balaban J connectivity index is 1.72. The van der Waals surface area contributed by atoms with Crippen molar-refractivity contribution >= 4 is 27.3 Å². The largest absolute Gasteiger partial charge is 0.272 e. The first-order valence-corrected chi connectivity index (χ1v) is 10.7. The maximum Gasteiger partial charge on any atom is 0.264 e. The van der Waals surface area contributed by atoms with E-state index in [1.807, 2.05) is 34.7 Å². The molecular formula is C22H24N4OS. The molecule has 4 aromatic rings. The van der Waals surface area contributed by atoms with E-state index in [1.165, 1.54) is 10.4 Å². The van der Waals surface area contributed by atoms with Crippen LogP contribution in [0.2, 0.25) is 0 Å². The van der Waals surface area contributed by atoms with Crippen LogP contribution in [0.25, 0.3) is 16.0 Å². The van der Waals surface area contributed by atoms with Gasteiger partial charge in [0.1, 0.15) is 11.2 Å². The van der Waals surface area contributed by atoms with Crippen LogP contribution in [0.3, 0.4) is 0 Å². The first-order valence-electron chi connectivity index (χ1n) is 9.84. The highest BCUT2D eigenvalue weighted by atomic mass is 32.1. The summed E-state index contributed by atoms with van der Waals surface area (Å²) in [5, 5.41) is 9.25. The monoisotopic (exact) mass is 392 g/mol. The molecular weight excluding hydrogens is 368 g/mol. The molecule has 1 aliphatic rings. The average molecular weight is 393 g/mol. The number of hydrogen-bond donors (Lipinski definition) is 0. The zero-order chi connectivity index (χ0) is 19.5. The molecule has 1 atom stereocenters. The molecule has 0 saturated heterocycles. The van der Waals surface area contributed by atoms with Gasteiger partial charge in [0.2, 0.25) is 5.78 Å². The smallest absolute Gasteiger partial charge is 0.264 e. The molecule has 3 aromatic heterocycles. The van der Waals surface area contributed by atoms with E-state index in [0.29, 0.717) is 18.2 Å². The molecule has 0 saturated carbocycles. The summed E-state index contributed by atoms with van der Waals surface area (Å²) in [6, 6.07) is 10.1. The van der Waals surface area contributed by atoms with Crippen molar-refractivity contribution in [1.82, 2.24) is 19.2 Å². The quantitative estimate of drug-likeness (QED) is 0.511. The minimum atomic E-state index is 0.0612. The fourth-order valence-corrected chi connectivity index (χ4v) is 5.78. The highest BCUT2D eigenvalue weighted by Gasteiger charge is 2.32. The molecule has 0 amide bonds. The summed E-state index contributed by atoms with van der Waals surface area (Å²) in [6.07, 6.45) is 4.91. The van der Waals surface area contributed by atoms with E-state index in [9.17, 15) is 4.79 Å². The minimum absolute atomic E-state index is 0.0612. The van der Waals surface area contributed by atoms with Gasteiger partial charge in [-0.2, -0.15) is 0 Å². The molecule has 5 nitrogen and oxygen atoms in total. The molecule has 6 heteroatoms. The summed E-state index contributed by atoms with van der Waals surface area (Å²) in [4.78, 5) is 15.9. The Bertz CT molecular complexity index is 1230. The summed E-state index contributed by atoms with van der Waals surface area (Å²) in [5.41, 5.74) is 2.69. The van der Waals surface area contributed by atoms with Crippen LogP contribution in [0.1, 0.15) is 43.2 Å². The van der Waals surface area contributed by atoms with Crippen molar-refractivity contribution in [2.24, 2.45) is 11.3 Å². The predicted molar refractivity (Wildman–Crippen MR) is 113 cm³/mol.